The van der Waals surface area contributed by atoms with Gasteiger partial charge < -0.3 is 24.4 Å². The molecule has 0 spiro atoms. The van der Waals surface area contributed by atoms with Crippen LogP contribution in [0.15, 0.2) is 42.6 Å². The van der Waals surface area contributed by atoms with E-state index in [0.29, 0.717) is 37.7 Å². The monoisotopic (exact) mass is 385 g/mol. The Hall–Kier alpha value is -2.80. The van der Waals surface area contributed by atoms with Crippen LogP contribution in [0, 0.1) is 0 Å². The molecule has 1 N–H and O–H groups in total. The maximum atomic E-state index is 12.5. The molecule has 1 saturated heterocycles. The minimum atomic E-state index is -0.0759. The number of nitrogens with zero attached hydrogens (tertiary/aromatic N) is 2. The van der Waals surface area contributed by atoms with Crippen LogP contribution in [0.25, 0.3) is 0 Å². The van der Waals surface area contributed by atoms with E-state index in [4.69, 9.17) is 14.2 Å². The lowest BCUT2D eigenvalue weighted by Gasteiger charge is -2.32. The Balaban J connectivity index is 1.44. The molecule has 2 heterocycles. The van der Waals surface area contributed by atoms with Crippen molar-refractivity contribution in [2.24, 2.45) is 0 Å². The Morgan fingerprint density at radius 1 is 1.14 bits per heavy atom. The number of methoxy groups -OCH3 is 2. The van der Waals surface area contributed by atoms with Crippen molar-refractivity contribution >= 4 is 6.03 Å². The lowest BCUT2D eigenvalue weighted by molar-refractivity contribution is 0.00305. The van der Waals surface area contributed by atoms with E-state index in [0.717, 1.165) is 24.1 Å². The highest BCUT2D eigenvalue weighted by atomic mass is 16.5. The number of aromatic nitrogens is 1. The highest BCUT2D eigenvalue weighted by Gasteiger charge is 2.23. The highest BCUT2D eigenvalue weighted by Crippen LogP contribution is 2.30. The third-order valence-corrected chi connectivity index (χ3v) is 4.84. The molecule has 0 bridgehead atoms. The Kier molecular flexibility index (Phi) is 7.08. The summed E-state index contributed by atoms with van der Waals surface area (Å²) in [6, 6.07) is 11.4. The number of carbonyl (C=O) groups excluding carboxylic acids is 1. The van der Waals surface area contributed by atoms with Crippen LogP contribution in [-0.4, -0.2) is 49.3 Å². The first kappa shape index (κ1) is 19.9. The van der Waals surface area contributed by atoms with E-state index in [1.54, 1.807) is 20.4 Å². The Morgan fingerprint density at radius 2 is 1.96 bits per heavy atom. The molecule has 1 aliphatic rings. The molecule has 1 fully saturated rings. The minimum Gasteiger partial charge on any atom is -0.493 e. The maximum Gasteiger partial charge on any atom is 0.317 e. The molecule has 2 aromatic rings. The number of pyridine rings is 1. The maximum absolute atomic E-state index is 12.5. The number of hydrogen-bond acceptors (Lipinski definition) is 5. The lowest BCUT2D eigenvalue weighted by atomic mass is 10.1. The summed E-state index contributed by atoms with van der Waals surface area (Å²) < 4.78 is 16.6. The Morgan fingerprint density at radius 3 is 2.64 bits per heavy atom. The molecule has 1 aromatic carbocycles. The van der Waals surface area contributed by atoms with E-state index in [9.17, 15) is 4.79 Å². The van der Waals surface area contributed by atoms with Crippen LogP contribution in [0.3, 0.4) is 0 Å². The second-order valence-electron chi connectivity index (χ2n) is 6.63. The van der Waals surface area contributed by atoms with Gasteiger partial charge in [0.05, 0.1) is 32.6 Å². The molecule has 0 saturated carbocycles. The summed E-state index contributed by atoms with van der Waals surface area (Å²) in [5.41, 5.74) is 1.80. The third kappa shape index (κ3) is 5.13. The summed E-state index contributed by atoms with van der Waals surface area (Å²) in [4.78, 5) is 18.6. The third-order valence-electron chi connectivity index (χ3n) is 4.84. The van der Waals surface area contributed by atoms with Gasteiger partial charge in [-0.3, -0.25) is 4.98 Å². The van der Waals surface area contributed by atoms with Crippen molar-refractivity contribution in [2.75, 3.05) is 27.3 Å². The Bertz CT molecular complexity index is 762. The first-order valence-corrected chi connectivity index (χ1v) is 9.45. The van der Waals surface area contributed by atoms with Crippen molar-refractivity contribution < 1.29 is 19.0 Å². The minimum absolute atomic E-state index is 0.0759. The number of urea groups is 1. The van der Waals surface area contributed by atoms with E-state index >= 15 is 0 Å². The number of hydrogen-bond donors (Lipinski definition) is 1. The van der Waals surface area contributed by atoms with E-state index in [1.165, 1.54) is 0 Å². The first-order chi connectivity index (χ1) is 13.7. The number of nitrogens with one attached hydrogen (secondary N) is 1. The number of likely N-dealkylation sites (tertiary alicyclic amines) is 1. The molecule has 28 heavy (non-hydrogen) atoms. The molecule has 1 aromatic heterocycles. The summed E-state index contributed by atoms with van der Waals surface area (Å²) in [6.45, 7) is 2.24. The molecule has 150 valence electrons. The average Bonchev–Trinajstić information content (AvgIpc) is 2.76. The summed E-state index contributed by atoms with van der Waals surface area (Å²) in [5, 5.41) is 2.97. The quantitative estimate of drug-likeness (QED) is 0.793. The van der Waals surface area contributed by atoms with Gasteiger partial charge in [0.1, 0.15) is 0 Å². The van der Waals surface area contributed by atoms with Crippen LogP contribution in [-0.2, 0) is 17.9 Å². The van der Waals surface area contributed by atoms with Gasteiger partial charge in [-0.25, -0.2) is 4.79 Å². The molecule has 0 radical (unpaired) electrons. The van der Waals surface area contributed by atoms with Crippen molar-refractivity contribution in [2.45, 2.75) is 32.1 Å². The fourth-order valence-corrected chi connectivity index (χ4v) is 3.29. The largest absolute Gasteiger partial charge is 0.493 e. The van der Waals surface area contributed by atoms with Crippen LogP contribution in [0.2, 0.25) is 0 Å². The van der Waals surface area contributed by atoms with Crippen LogP contribution >= 0.6 is 0 Å². The summed E-state index contributed by atoms with van der Waals surface area (Å²) in [7, 11) is 3.19. The van der Waals surface area contributed by atoms with Gasteiger partial charge in [-0.2, -0.15) is 0 Å². The number of amides is 2. The van der Waals surface area contributed by atoms with Crippen LogP contribution < -0.4 is 14.8 Å². The predicted molar refractivity (Wildman–Crippen MR) is 105 cm³/mol. The SMILES string of the molecule is COc1cccc(CNC(=O)N2CCC(OCc3ccccn3)CC2)c1OC. The van der Waals surface area contributed by atoms with Crippen LogP contribution in [0.5, 0.6) is 11.5 Å². The van der Waals surface area contributed by atoms with Crippen molar-refractivity contribution in [3.8, 4) is 11.5 Å². The number of ether oxygens (including phenoxy) is 3. The summed E-state index contributed by atoms with van der Waals surface area (Å²) >= 11 is 0. The fraction of sp³-hybridized carbons (Fsp3) is 0.429. The molecule has 7 nitrogen and oxygen atoms in total. The zero-order valence-corrected chi connectivity index (χ0v) is 16.4. The molecule has 7 heteroatoms. The number of piperidine rings is 1. The van der Waals surface area contributed by atoms with Crippen molar-refractivity contribution in [3.63, 3.8) is 0 Å². The summed E-state index contributed by atoms with van der Waals surface area (Å²) in [5.74, 6) is 1.30. The molecule has 1 aliphatic heterocycles. The molecule has 3 rings (SSSR count). The van der Waals surface area contributed by atoms with E-state index < -0.39 is 0 Å². The normalized spacial score (nSPS) is 14.6. The average molecular weight is 385 g/mol. The van der Waals surface area contributed by atoms with Crippen LogP contribution in [0.1, 0.15) is 24.1 Å². The molecule has 0 unspecified atom stereocenters. The molecule has 2 amide bonds. The Labute approximate surface area is 165 Å². The van der Waals surface area contributed by atoms with Gasteiger partial charge >= 0.3 is 6.03 Å². The van der Waals surface area contributed by atoms with Gasteiger partial charge in [0.25, 0.3) is 0 Å². The second-order valence-corrected chi connectivity index (χ2v) is 6.63. The molecule has 0 atom stereocenters. The number of rotatable bonds is 7. The predicted octanol–water partition coefficient (Wildman–Crippen LogP) is 2.99. The number of para-hydroxylation sites is 1. The van der Waals surface area contributed by atoms with E-state index in [2.05, 4.69) is 10.3 Å². The van der Waals surface area contributed by atoms with Crippen molar-refractivity contribution in [3.05, 3.63) is 53.9 Å². The van der Waals surface area contributed by atoms with Gasteiger partial charge in [-0.1, -0.05) is 18.2 Å². The number of benzene rings is 1. The van der Waals surface area contributed by atoms with Gasteiger partial charge in [-0.15, -0.1) is 0 Å². The number of carbonyl (C=O) groups is 1. The zero-order chi connectivity index (χ0) is 19.8. The van der Waals surface area contributed by atoms with Gasteiger partial charge in [0.15, 0.2) is 11.5 Å². The standard InChI is InChI=1S/C21H27N3O4/c1-26-19-8-5-6-16(20(19)27-2)14-23-21(25)24-12-9-18(10-13-24)28-15-17-7-3-4-11-22-17/h3-8,11,18H,9-10,12-15H2,1-2H3,(H,23,25). The van der Waals surface area contributed by atoms with Gasteiger partial charge in [0.2, 0.25) is 0 Å². The van der Waals surface area contributed by atoms with E-state index in [1.807, 2.05) is 41.3 Å². The molecular weight excluding hydrogens is 358 g/mol. The fourth-order valence-electron chi connectivity index (χ4n) is 3.29. The second kappa shape index (κ2) is 9.94. The van der Waals surface area contributed by atoms with Gasteiger partial charge in [0, 0.05) is 31.4 Å². The molecular formula is C21H27N3O4. The van der Waals surface area contributed by atoms with Crippen molar-refractivity contribution in [1.29, 1.82) is 0 Å². The van der Waals surface area contributed by atoms with Crippen LogP contribution in [0.4, 0.5) is 4.79 Å². The zero-order valence-electron chi connectivity index (χ0n) is 16.4. The first-order valence-electron chi connectivity index (χ1n) is 9.45. The smallest absolute Gasteiger partial charge is 0.317 e. The highest BCUT2D eigenvalue weighted by molar-refractivity contribution is 5.74. The lowest BCUT2D eigenvalue weighted by Crippen LogP contribution is -2.45. The van der Waals surface area contributed by atoms with Crippen molar-refractivity contribution in [1.82, 2.24) is 15.2 Å². The molecule has 0 aliphatic carbocycles. The topological polar surface area (TPSA) is 72.9 Å². The summed E-state index contributed by atoms with van der Waals surface area (Å²) in [6.07, 6.45) is 3.57. The van der Waals surface area contributed by atoms with Gasteiger partial charge in [-0.05, 0) is 31.0 Å². The van der Waals surface area contributed by atoms with E-state index in [-0.39, 0.29) is 12.1 Å².